The lowest BCUT2D eigenvalue weighted by Crippen LogP contribution is -2.50. The number of methoxy groups -OCH3 is 2. The van der Waals surface area contributed by atoms with Crippen molar-refractivity contribution < 1.29 is 14.3 Å². The van der Waals surface area contributed by atoms with E-state index in [-0.39, 0.29) is 11.9 Å². The van der Waals surface area contributed by atoms with Crippen molar-refractivity contribution in [2.45, 2.75) is 6.04 Å². The van der Waals surface area contributed by atoms with E-state index in [1.807, 2.05) is 22.9 Å². The molecule has 164 valence electrons. The molecule has 0 radical (unpaired) electrons. The summed E-state index contributed by atoms with van der Waals surface area (Å²) in [5, 5.41) is 1.36. The average molecular weight is 496 g/mol. The Kier molecular flexibility index (Phi) is 6.32. The number of alkyl halides is 1. The Morgan fingerprint density at radius 1 is 1.22 bits per heavy atom. The third-order valence-corrected chi connectivity index (χ3v) is 5.62. The molecule has 0 saturated carbocycles. The van der Waals surface area contributed by atoms with Crippen LogP contribution in [0.4, 0.5) is 5.82 Å². The molecule has 2 N–H and O–H groups in total. The summed E-state index contributed by atoms with van der Waals surface area (Å²) in [5.74, 6) is 8.04. The molecule has 0 bridgehead atoms. The number of fused-ring (bicyclic) bond motifs is 1. The summed E-state index contributed by atoms with van der Waals surface area (Å²) in [4.78, 5) is 22.5. The van der Waals surface area contributed by atoms with Crippen LogP contribution in [0.15, 0.2) is 42.9 Å². The highest BCUT2D eigenvalue weighted by Crippen LogP contribution is 2.30. The Bertz CT molecular complexity index is 1230. The van der Waals surface area contributed by atoms with Gasteiger partial charge in [-0.2, -0.15) is 0 Å². The highest BCUT2D eigenvalue weighted by Gasteiger charge is 2.32. The van der Waals surface area contributed by atoms with E-state index in [9.17, 15) is 4.79 Å². The molecule has 1 fully saturated rings. The Morgan fingerprint density at radius 3 is 2.59 bits per heavy atom. The zero-order valence-electron chi connectivity index (χ0n) is 17.7. The molecule has 1 aliphatic heterocycles. The zero-order valence-corrected chi connectivity index (χ0v) is 19.3. The molecule has 3 heterocycles. The minimum Gasteiger partial charge on any atom is -0.497 e. The normalized spacial score (nSPS) is 13.7. The number of rotatable bonds is 5. The fourth-order valence-corrected chi connectivity index (χ4v) is 3.75. The Labute approximate surface area is 194 Å². The molecule has 1 aromatic carbocycles. The van der Waals surface area contributed by atoms with Crippen molar-refractivity contribution in [3.8, 4) is 23.3 Å². The van der Waals surface area contributed by atoms with Gasteiger partial charge < -0.3 is 24.7 Å². The highest BCUT2D eigenvalue weighted by molar-refractivity contribution is 9.09. The Morgan fingerprint density at radius 2 is 1.94 bits per heavy atom. The number of likely N-dealkylation sites (tertiary alicyclic amines) is 1. The summed E-state index contributed by atoms with van der Waals surface area (Å²) in [6, 6.07) is 5.56. The molecular weight excluding hydrogens is 474 g/mol. The third-order valence-electron chi connectivity index (χ3n) is 5.25. The van der Waals surface area contributed by atoms with Gasteiger partial charge in [0.1, 0.15) is 29.3 Å². The van der Waals surface area contributed by atoms with Crippen molar-refractivity contribution in [3.05, 3.63) is 54.0 Å². The minimum absolute atomic E-state index is 0.00158. The van der Waals surface area contributed by atoms with E-state index in [4.69, 9.17) is 15.2 Å². The van der Waals surface area contributed by atoms with Gasteiger partial charge in [0, 0.05) is 36.2 Å². The second-order valence-electron chi connectivity index (χ2n) is 7.21. The summed E-state index contributed by atoms with van der Waals surface area (Å²) in [7, 11) is 3.19. The standard InChI is InChI=1S/C23H22BrN5O3/c1-31-18-8-15(9-19(10-18)32-2)5-6-16-11-29(23-21(16)22(25)26-14-27-23)17-12-28(13-17)20(30)4-3-7-24/h3-4,8-11,14,17H,7,12-13H2,1-2H3,(H2,25,26,27). The van der Waals surface area contributed by atoms with Crippen LogP contribution < -0.4 is 15.2 Å². The number of ether oxygens (including phenoxy) is 2. The van der Waals surface area contributed by atoms with Gasteiger partial charge >= 0.3 is 0 Å². The number of amides is 1. The van der Waals surface area contributed by atoms with E-state index >= 15 is 0 Å². The molecule has 2 aromatic heterocycles. The molecule has 1 aliphatic rings. The van der Waals surface area contributed by atoms with Crippen LogP contribution in [0.3, 0.4) is 0 Å². The molecule has 4 rings (SSSR count). The monoisotopic (exact) mass is 495 g/mol. The Hall–Kier alpha value is -3.51. The fraction of sp³-hybridized carbons (Fsp3) is 0.261. The van der Waals surface area contributed by atoms with Crippen LogP contribution in [0.1, 0.15) is 17.2 Å². The van der Waals surface area contributed by atoms with Crippen molar-refractivity contribution >= 4 is 38.7 Å². The third kappa shape index (κ3) is 4.27. The van der Waals surface area contributed by atoms with Crippen molar-refractivity contribution in [1.82, 2.24) is 19.4 Å². The number of allylic oxidation sites excluding steroid dienone is 1. The van der Waals surface area contributed by atoms with E-state index in [0.717, 1.165) is 11.1 Å². The molecule has 32 heavy (non-hydrogen) atoms. The molecule has 0 spiro atoms. The van der Waals surface area contributed by atoms with Gasteiger partial charge in [-0.1, -0.05) is 33.8 Å². The number of nitrogens with two attached hydrogens (primary N) is 1. The van der Waals surface area contributed by atoms with E-state index in [2.05, 4.69) is 37.7 Å². The van der Waals surface area contributed by atoms with Crippen LogP contribution in [0.2, 0.25) is 0 Å². The number of halogens is 1. The van der Waals surface area contributed by atoms with Gasteiger partial charge in [-0.15, -0.1) is 0 Å². The number of hydrogen-bond donors (Lipinski definition) is 1. The first-order valence-corrected chi connectivity index (χ1v) is 11.0. The molecule has 0 atom stereocenters. The van der Waals surface area contributed by atoms with Gasteiger partial charge in [-0.3, -0.25) is 4.79 Å². The van der Waals surface area contributed by atoms with Gasteiger partial charge in [0.2, 0.25) is 5.91 Å². The van der Waals surface area contributed by atoms with Gasteiger partial charge in [0.25, 0.3) is 0 Å². The largest absolute Gasteiger partial charge is 0.497 e. The number of nitrogens with zero attached hydrogens (tertiary/aromatic N) is 4. The van der Waals surface area contributed by atoms with Gasteiger partial charge in [-0.25, -0.2) is 9.97 Å². The highest BCUT2D eigenvalue weighted by atomic mass is 79.9. The molecule has 1 amide bonds. The van der Waals surface area contributed by atoms with Crippen LogP contribution in [0, 0.1) is 11.8 Å². The van der Waals surface area contributed by atoms with Crippen molar-refractivity contribution in [3.63, 3.8) is 0 Å². The van der Waals surface area contributed by atoms with E-state index < -0.39 is 0 Å². The van der Waals surface area contributed by atoms with Crippen LogP contribution in [0.25, 0.3) is 11.0 Å². The maximum Gasteiger partial charge on any atom is 0.246 e. The summed E-state index contributed by atoms with van der Waals surface area (Å²) >= 11 is 3.29. The number of nitrogen functional groups attached to an aromatic ring is 1. The number of anilines is 1. The van der Waals surface area contributed by atoms with E-state index in [0.29, 0.717) is 46.8 Å². The number of hydrogen-bond acceptors (Lipinski definition) is 6. The van der Waals surface area contributed by atoms with Gasteiger partial charge in [-0.05, 0) is 18.2 Å². The summed E-state index contributed by atoms with van der Waals surface area (Å²) in [6.45, 7) is 1.19. The maximum atomic E-state index is 12.2. The molecule has 0 aliphatic carbocycles. The topological polar surface area (TPSA) is 95.5 Å². The molecule has 9 heteroatoms. The molecule has 0 unspecified atom stereocenters. The lowest BCUT2D eigenvalue weighted by Gasteiger charge is -2.39. The number of aromatic nitrogens is 3. The molecular formula is C23H22BrN5O3. The number of benzene rings is 1. The number of carbonyl (C=O) groups is 1. The lowest BCUT2D eigenvalue weighted by atomic mass is 10.1. The molecule has 3 aromatic rings. The second-order valence-corrected chi connectivity index (χ2v) is 7.86. The number of carbonyl (C=O) groups excluding carboxylic acids is 1. The van der Waals surface area contributed by atoms with Crippen LogP contribution >= 0.6 is 15.9 Å². The van der Waals surface area contributed by atoms with E-state index in [1.165, 1.54) is 6.33 Å². The molecule has 8 nitrogen and oxygen atoms in total. The predicted molar refractivity (Wildman–Crippen MR) is 126 cm³/mol. The maximum absolute atomic E-state index is 12.2. The smallest absolute Gasteiger partial charge is 0.246 e. The quantitative estimate of drug-likeness (QED) is 0.332. The van der Waals surface area contributed by atoms with Gasteiger partial charge in [0.15, 0.2) is 0 Å². The molecule has 1 saturated heterocycles. The van der Waals surface area contributed by atoms with Crippen LogP contribution in [0.5, 0.6) is 11.5 Å². The first-order chi connectivity index (χ1) is 15.5. The van der Waals surface area contributed by atoms with Crippen molar-refractivity contribution in [2.75, 3.05) is 38.4 Å². The van der Waals surface area contributed by atoms with Crippen LogP contribution in [-0.4, -0.2) is 58.0 Å². The SMILES string of the molecule is COc1cc(C#Cc2cn(C3CN(C(=O)C=CCBr)C3)c3ncnc(N)c23)cc(OC)c1. The summed E-state index contributed by atoms with van der Waals surface area (Å²) < 4.78 is 12.7. The fourth-order valence-electron chi connectivity index (χ4n) is 3.56. The van der Waals surface area contributed by atoms with Crippen LogP contribution in [-0.2, 0) is 4.79 Å². The van der Waals surface area contributed by atoms with Gasteiger partial charge in [0.05, 0.1) is 31.2 Å². The average Bonchev–Trinajstić information content (AvgIpc) is 3.14. The Balaban J connectivity index is 1.66. The first-order valence-electron chi connectivity index (χ1n) is 9.91. The summed E-state index contributed by atoms with van der Waals surface area (Å²) in [5.41, 5.74) is 8.35. The zero-order chi connectivity index (χ0) is 22.7. The van der Waals surface area contributed by atoms with Crippen molar-refractivity contribution in [2.24, 2.45) is 0 Å². The minimum atomic E-state index is -0.00158. The van der Waals surface area contributed by atoms with Crippen molar-refractivity contribution in [1.29, 1.82) is 0 Å². The lowest BCUT2D eigenvalue weighted by molar-refractivity contribution is -0.131. The predicted octanol–water partition coefficient (Wildman–Crippen LogP) is 2.76. The first kappa shape index (κ1) is 21.7. The second kappa shape index (κ2) is 9.32. The summed E-state index contributed by atoms with van der Waals surface area (Å²) in [6.07, 6.45) is 6.74. The van der Waals surface area contributed by atoms with E-state index in [1.54, 1.807) is 37.3 Å².